The lowest BCUT2D eigenvalue weighted by Crippen LogP contribution is -2.50. The van der Waals surface area contributed by atoms with Gasteiger partial charge in [-0.3, -0.25) is 4.79 Å². The van der Waals surface area contributed by atoms with Crippen LogP contribution in [0.5, 0.6) is 0 Å². The van der Waals surface area contributed by atoms with Crippen LogP contribution < -0.4 is 5.32 Å². The number of carbonyl (C=O) groups is 2. The summed E-state index contributed by atoms with van der Waals surface area (Å²) in [6.45, 7) is 9.41. The van der Waals surface area contributed by atoms with Crippen molar-refractivity contribution in [2.75, 3.05) is 32.7 Å². The third kappa shape index (κ3) is 5.21. The van der Waals surface area contributed by atoms with E-state index in [1.165, 1.54) is 5.56 Å². The van der Waals surface area contributed by atoms with Gasteiger partial charge in [-0.25, -0.2) is 4.79 Å². The zero-order chi connectivity index (χ0) is 18.2. The van der Waals surface area contributed by atoms with Gasteiger partial charge >= 0.3 is 6.03 Å². The van der Waals surface area contributed by atoms with Crippen LogP contribution in [0.2, 0.25) is 0 Å². The molecule has 138 valence electrons. The zero-order valence-corrected chi connectivity index (χ0v) is 15.7. The van der Waals surface area contributed by atoms with Crippen LogP contribution in [0.25, 0.3) is 0 Å². The third-order valence-corrected chi connectivity index (χ3v) is 5.05. The molecule has 3 amide bonds. The molecule has 0 radical (unpaired) electrons. The molecule has 1 aromatic carbocycles. The van der Waals surface area contributed by atoms with E-state index in [0.717, 1.165) is 19.4 Å². The van der Waals surface area contributed by atoms with Gasteiger partial charge in [-0.2, -0.15) is 0 Å². The number of nitrogens with one attached hydrogen (secondary N) is 1. The van der Waals surface area contributed by atoms with Gasteiger partial charge in [0, 0.05) is 32.7 Å². The SMILES string of the molecule is CCN(CC)C(=O)N1CCC[C@H](C(=O)NC[C@@H](C)c2ccccc2)C1. The van der Waals surface area contributed by atoms with Crippen LogP contribution >= 0.6 is 0 Å². The molecule has 1 aliphatic heterocycles. The van der Waals surface area contributed by atoms with Gasteiger partial charge in [0.15, 0.2) is 0 Å². The topological polar surface area (TPSA) is 52.7 Å². The summed E-state index contributed by atoms with van der Waals surface area (Å²) < 4.78 is 0. The van der Waals surface area contributed by atoms with Crippen LogP contribution in [-0.2, 0) is 4.79 Å². The standard InChI is InChI=1S/C20H31N3O2/c1-4-22(5-2)20(25)23-13-9-12-18(15-23)19(24)21-14-16(3)17-10-7-6-8-11-17/h6-8,10-11,16,18H,4-5,9,12-15H2,1-3H3,(H,21,24)/t16-,18+/m1/s1. The number of hydrogen-bond acceptors (Lipinski definition) is 2. The van der Waals surface area contributed by atoms with Crippen LogP contribution in [0.1, 0.15) is 45.1 Å². The maximum Gasteiger partial charge on any atom is 0.320 e. The van der Waals surface area contributed by atoms with Crippen molar-refractivity contribution < 1.29 is 9.59 Å². The van der Waals surface area contributed by atoms with Crippen molar-refractivity contribution in [2.24, 2.45) is 5.92 Å². The minimum atomic E-state index is -0.101. The summed E-state index contributed by atoms with van der Waals surface area (Å²) in [5.74, 6) is 0.248. The average molecular weight is 345 g/mol. The number of amides is 3. The van der Waals surface area contributed by atoms with Gasteiger partial charge < -0.3 is 15.1 Å². The van der Waals surface area contributed by atoms with Crippen LogP contribution in [0.3, 0.4) is 0 Å². The molecule has 0 saturated carbocycles. The van der Waals surface area contributed by atoms with Crippen molar-refractivity contribution in [1.82, 2.24) is 15.1 Å². The Morgan fingerprint density at radius 3 is 2.56 bits per heavy atom. The molecule has 2 atom stereocenters. The first-order valence-corrected chi connectivity index (χ1v) is 9.43. The Labute approximate surface area is 151 Å². The van der Waals surface area contributed by atoms with E-state index in [-0.39, 0.29) is 23.8 Å². The maximum atomic E-state index is 12.5. The number of urea groups is 1. The largest absolute Gasteiger partial charge is 0.355 e. The third-order valence-electron chi connectivity index (χ3n) is 5.05. The first-order chi connectivity index (χ1) is 12.1. The number of piperidine rings is 1. The predicted molar refractivity (Wildman–Crippen MR) is 100 cm³/mol. The van der Waals surface area contributed by atoms with Crippen molar-refractivity contribution in [3.05, 3.63) is 35.9 Å². The number of hydrogen-bond donors (Lipinski definition) is 1. The summed E-state index contributed by atoms with van der Waals surface area (Å²) in [4.78, 5) is 28.7. The highest BCUT2D eigenvalue weighted by Gasteiger charge is 2.30. The van der Waals surface area contributed by atoms with Crippen molar-refractivity contribution in [1.29, 1.82) is 0 Å². The lowest BCUT2D eigenvalue weighted by Gasteiger charge is -2.35. The molecule has 1 saturated heterocycles. The second-order valence-corrected chi connectivity index (χ2v) is 6.80. The van der Waals surface area contributed by atoms with Crippen LogP contribution in [0.15, 0.2) is 30.3 Å². The summed E-state index contributed by atoms with van der Waals surface area (Å²) >= 11 is 0. The molecule has 1 aromatic rings. The van der Waals surface area contributed by atoms with E-state index < -0.39 is 0 Å². The molecule has 1 heterocycles. The minimum absolute atomic E-state index is 0.0557. The molecule has 1 N–H and O–H groups in total. The predicted octanol–water partition coefficient (Wildman–Crippen LogP) is 3.08. The number of nitrogens with zero attached hydrogens (tertiary/aromatic N) is 2. The average Bonchev–Trinajstić information content (AvgIpc) is 2.67. The highest BCUT2D eigenvalue weighted by atomic mass is 16.2. The summed E-state index contributed by atoms with van der Waals surface area (Å²) in [7, 11) is 0. The quantitative estimate of drug-likeness (QED) is 0.861. The molecule has 5 nitrogen and oxygen atoms in total. The number of carbonyl (C=O) groups excluding carboxylic acids is 2. The van der Waals surface area contributed by atoms with Crippen molar-refractivity contribution >= 4 is 11.9 Å². The Hall–Kier alpha value is -2.04. The van der Waals surface area contributed by atoms with Gasteiger partial charge in [-0.05, 0) is 38.2 Å². The molecule has 1 fully saturated rings. The highest BCUT2D eigenvalue weighted by Crippen LogP contribution is 2.19. The molecule has 2 rings (SSSR count). The normalized spacial score (nSPS) is 18.5. The Bertz CT molecular complexity index is 557. The monoisotopic (exact) mass is 345 g/mol. The van der Waals surface area contributed by atoms with E-state index in [0.29, 0.717) is 26.2 Å². The van der Waals surface area contributed by atoms with Gasteiger partial charge in [0.05, 0.1) is 5.92 Å². The molecule has 0 spiro atoms. The van der Waals surface area contributed by atoms with Gasteiger partial charge in [-0.15, -0.1) is 0 Å². The molecule has 0 unspecified atom stereocenters. The van der Waals surface area contributed by atoms with Crippen molar-refractivity contribution in [2.45, 2.75) is 39.5 Å². The second kappa shape index (κ2) is 9.44. The Kier molecular flexibility index (Phi) is 7.29. The van der Waals surface area contributed by atoms with Crippen LogP contribution in [0.4, 0.5) is 4.79 Å². The Balaban J connectivity index is 1.86. The summed E-state index contributed by atoms with van der Waals surface area (Å²) in [6.07, 6.45) is 1.74. The van der Waals surface area contributed by atoms with Gasteiger partial charge in [0.2, 0.25) is 5.91 Å². The Morgan fingerprint density at radius 1 is 1.24 bits per heavy atom. The van der Waals surface area contributed by atoms with E-state index in [1.807, 2.05) is 41.8 Å². The fourth-order valence-corrected chi connectivity index (χ4v) is 3.36. The van der Waals surface area contributed by atoms with E-state index >= 15 is 0 Å². The van der Waals surface area contributed by atoms with Crippen molar-refractivity contribution in [3.8, 4) is 0 Å². The molecule has 5 heteroatoms. The second-order valence-electron chi connectivity index (χ2n) is 6.80. The first-order valence-electron chi connectivity index (χ1n) is 9.43. The van der Waals surface area contributed by atoms with Gasteiger partial charge in [-0.1, -0.05) is 37.3 Å². The fourth-order valence-electron chi connectivity index (χ4n) is 3.36. The maximum absolute atomic E-state index is 12.5. The first kappa shape index (κ1) is 19.3. The van der Waals surface area contributed by atoms with E-state index in [1.54, 1.807) is 0 Å². The van der Waals surface area contributed by atoms with Gasteiger partial charge in [0.1, 0.15) is 0 Å². The molecule has 0 aromatic heterocycles. The smallest absolute Gasteiger partial charge is 0.320 e. The van der Waals surface area contributed by atoms with E-state index in [2.05, 4.69) is 24.4 Å². The fraction of sp³-hybridized carbons (Fsp3) is 0.600. The Morgan fingerprint density at radius 2 is 1.92 bits per heavy atom. The number of likely N-dealkylation sites (tertiary alicyclic amines) is 1. The van der Waals surface area contributed by atoms with Crippen LogP contribution in [0, 0.1) is 5.92 Å². The molecular formula is C20H31N3O2. The van der Waals surface area contributed by atoms with Crippen LogP contribution in [-0.4, -0.2) is 54.5 Å². The summed E-state index contributed by atoms with van der Waals surface area (Å²) in [5, 5.41) is 3.08. The molecule has 25 heavy (non-hydrogen) atoms. The van der Waals surface area contributed by atoms with Gasteiger partial charge in [0.25, 0.3) is 0 Å². The number of benzene rings is 1. The molecule has 0 bridgehead atoms. The number of rotatable bonds is 6. The lowest BCUT2D eigenvalue weighted by molar-refractivity contribution is -0.126. The summed E-state index contributed by atoms with van der Waals surface area (Å²) in [6, 6.07) is 10.3. The zero-order valence-electron chi connectivity index (χ0n) is 15.7. The van der Waals surface area contributed by atoms with Crippen molar-refractivity contribution in [3.63, 3.8) is 0 Å². The molecule has 1 aliphatic rings. The van der Waals surface area contributed by atoms with E-state index in [9.17, 15) is 9.59 Å². The highest BCUT2D eigenvalue weighted by molar-refractivity contribution is 5.81. The molecule has 0 aliphatic carbocycles. The summed E-state index contributed by atoms with van der Waals surface area (Å²) in [5.41, 5.74) is 1.23. The van der Waals surface area contributed by atoms with E-state index in [4.69, 9.17) is 0 Å². The molecular weight excluding hydrogens is 314 g/mol. The lowest BCUT2D eigenvalue weighted by atomic mass is 9.96. The minimum Gasteiger partial charge on any atom is -0.355 e.